The van der Waals surface area contributed by atoms with Crippen LogP contribution in [0.25, 0.3) is 0 Å². The number of unbranched alkanes of at least 4 members (excludes halogenated alkanes) is 18. The van der Waals surface area contributed by atoms with Crippen LogP contribution in [0.5, 0.6) is 0 Å². The fraction of sp³-hybridized carbons (Fsp3) is 0.938. The van der Waals surface area contributed by atoms with Crippen molar-refractivity contribution in [2.24, 2.45) is 11.8 Å². The van der Waals surface area contributed by atoms with Crippen LogP contribution in [0.1, 0.15) is 168 Å². The summed E-state index contributed by atoms with van der Waals surface area (Å²) in [5.41, 5.74) is 0. The lowest BCUT2D eigenvalue weighted by Crippen LogP contribution is -2.30. The number of esters is 2. The molecule has 1 aliphatic carbocycles. The van der Waals surface area contributed by atoms with Crippen LogP contribution in [-0.4, -0.2) is 25.2 Å². The van der Waals surface area contributed by atoms with E-state index in [0.29, 0.717) is 19.6 Å². The number of hydrogen-bond donors (Lipinski definition) is 0. The molecule has 1 aliphatic rings. The van der Waals surface area contributed by atoms with Gasteiger partial charge in [-0.1, -0.05) is 136 Å². The van der Waals surface area contributed by atoms with Gasteiger partial charge in [-0.25, -0.2) is 0 Å². The number of carbonyl (C=O) groups is 2. The summed E-state index contributed by atoms with van der Waals surface area (Å²) in [6, 6.07) is 0. The van der Waals surface area contributed by atoms with Crippen molar-refractivity contribution in [1.82, 2.24) is 0 Å². The quantitative estimate of drug-likeness (QED) is 0.0961. The van der Waals surface area contributed by atoms with Gasteiger partial charge in [-0.3, -0.25) is 9.59 Å². The molecule has 1 saturated carbocycles. The Kier molecular flexibility index (Phi) is 22.2. The highest BCUT2D eigenvalue weighted by molar-refractivity contribution is 5.76. The van der Waals surface area contributed by atoms with Gasteiger partial charge in [0.25, 0.3) is 0 Å². The van der Waals surface area contributed by atoms with E-state index in [4.69, 9.17) is 9.47 Å². The lowest BCUT2D eigenvalue weighted by molar-refractivity contribution is -0.155. The van der Waals surface area contributed by atoms with Gasteiger partial charge >= 0.3 is 11.9 Å². The van der Waals surface area contributed by atoms with Crippen molar-refractivity contribution in [3.63, 3.8) is 0 Å². The van der Waals surface area contributed by atoms with Crippen LogP contribution in [-0.2, 0) is 19.1 Å². The molecule has 0 heterocycles. The maximum Gasteiger partial charge on any atom is 0.308 e. The monoisotopic (exact) mass is 508 g/mol. The van der Waals surface area contributed by atoms with Crippen LogP contribution < -0.4 is 0 Å². The molecule has 36 heavy (non-hydrogen) atoms. The Bertz CT molecular complexity index is 518. The Labute approximate surface area is 224 Å². The summed E-state index contributed by atoms with van der Waals surface area (Å²) in [5.74, 6) is -0.454. The largest absolute Gasteiger partial charge is 0.465 e. The molecule has 4 heteroatoms. The standard InChI is InChI=1S/C32H60O4/c1-3-5-7-9-11-13-14-16-18-20-22-27-36-32(34)30-25-23-24-29(28-30)31(33)35-26-21-19-17-15-12-10-8-6-4-2/h29-30H,3-28H2,1-2H3. The SMILES string of the molecule is CCCCCCCCCCCCCOC(=O)C1CCCC(C(=O)OCCCCCCCCCCC)C1. The molecule has 0 aromatic heterocycles. The minimum absolute atomic E-state index is 0.0986. The van der Waals surface area contributed by atoms with E-state index in [9.17, 15) is 9.59 Å². The van der Waals surface area contributed by atoms with Crippen LogP contribution in [0.3, 0.4) is 0 Å². The Morgan fingerprint density at radius 1 is 0.500 bits per heavy atom. The Balaban J connectivity index is 2.00. The van der Waals surface area contributed by atoms with Gasteiger partial charge in [-0.2, -0.15) is 0 Å². The highest BCUT2D eigenvalue weighted by Gasteiger charge is 2.32. The summed E-state index contributed by atoms with van der Waals surface area (Å²) >= 11 is 0. The molecule has 0 aliphatic heterocycles. The van der Waals surface area contributed by atoms with E-state index in [1.807, 2.05) is 0 Å². The molecular formula is C32H60O4. The van der Waals surface area contributed by atoms with E-state index in [-0.39, 0.29) is 23.8 Å². The normalized spacial score (nSPS) is 17.7. The smallest absolute Gasteiger partial charge is 0.308 e. The predicted octanol–water partition coefficient (Wildman–Crippen LogP) is 9.72. The van der Waals surface area contributed by atoms with Crippen LogP contribution in [0.15, 0.2) is 0 Å². The molecule has 0 aromatic rings. The van der Waals surface area contributed by atoms with Crippen molar-refractivity contribution in [1.29, 1.82) is 0 Å². The number of hydrogen-bond acceptors (Lipinski definition) is 4. The Morgan fingerprint density at radius 2 is 0.806 bits per heavy atom. The highest BCUT2D eigenvalue weighted by atomic mass is 16.5. The van der Waals surface area contributed by atoms with Gasteiger partial charge in [-0.15, -0.1) is 0 Å². The number of carbonyl (C=O) groups excluding carboxylic acids is 2. The average molecular weight is 509 g/mol. The lowest BCUT2D eigenvalue weighted by Gasteiger charge is -2.26. The van der Waals surface area contributed by atoms with Crippen molar-refractivity contribution in [2.75, 3.05) is 13.2 Å². The van der Waals surface area contributed by atoms with Crippen LogP contribution in [0, 0.1) is 11.8 Å². The molecule has 0 aromatic carbocycles. The fourth-order valence-electron chi connectivity index (χ4n) is 5.38. The van der Waals surface area contributed by atoms with E-state index in [1.165, 1.54) is 103 Å². The molecule has 0 spiro atoms. The van der Waals surface area contributed by atoms with Crippen molar-refractivity contribution < 1.29 is 19.1 Å². The van der Waals surface area contributed by atoms with E-state index < -0.39 is 0 Å². The third-order valence-electron chi connectivity index (χ3n) is 7.83. The molecule has 0 N–H and O–H groups in total. The second-order valence-corrected chi connectivity index (χ2v) is 11.3. The first kappa shape index (κ1) is 33.0. The van der Waals surface area contributed by atoms with Gasteiger partial charge in [0, 0.05) is 0 Å². The zero-order valence-corrected chi connectivity index (χ0v) is 24.2. The third kappa shape index (κ3) is 18.2. The maximum atomic E-state index is 12.5. The minimum Gasteiger partial charge on any atom is -0.465 e. The van der Waals surface area contributed by atoms with Crippen LogP contribution >= 0.6 is 0 Å². The zero-order valence-electron chi connectivity index (χ0n) is 24.2. The van der Waals surface area contributed by atoms with Crippen molar-refractivity contribution >= 4 is 11.9 Å². The van der Waals surface area contributed by atoms with E-state index in [2.05, 4.69) is 13.8 Å². The maximum absolute atomic E-state index is 12.5. The summed E-state index contributed by atoms with van der Waals surface area (Å²) in [6.07, 6.45) is 28.7. The topological polar surface area (TPSA) is 52.6 Å². The van der Waals surface area contributed by atoms with Crippen LogP contribution in [0.4, 0.5) is 0 Å². The highest BCUT2D eigenvalue weighted by Crippen LogP contribution is 2.31. The molecular weight excluding hydrogens is 448 g/mol. The average Bonchev–Trinajstić information content (AvgIpc) is 2.90. The van der Waals surface area contributed by atoms with Gasteiger partial charge < -0.3 is 9.47 Å². The molecule has 0 amide bonds. The molecule has 0 radical (unpaired) electrons. The van der Waals surface area contributed by atoms with Crippen molar-refractivity contribution in [3.8, 4) is 0 Å². The summed E-state index contributed by atoms with van der Waals surface area (Å²) in [4.78, 5) is 25.0. The Morgan fingerprint density at radius 3 is 1.14 bits per heavy atom. The fourth-order valence-corrected chi connectivity index (χ4v) is 5.38. The van der Waals surface area contributed by atoms with E-state index in [1.54, 1.807) is 0 Å². The molecule has 1 fully saturated rings. The summed E-state index contributed by atoms with van der Waals surface area (Å²) in [6.45, 7) is 5.57. The molecule has 2 atom stereocenters. The molecule has 2 unspecified atom stereocenters. The lowest BCUT2D eigenvalue weighted by atomic mass is 9.81. The summed E-state index contributed by atoms with van der Waals surface area (Å²) < 4.78 is 11.1. The first-order chi connectivity index (χ1) is 17.7. The number of rotatable bonds is 24. The zero-order chi connectivity index (χ0) is 26.1. The van der Waals surface area contributed by atoms with Crippen LogP contribution in [0.2, 0.25) is 0 Å². The minimum atomic E-state index is -0.128. The summed E-state index contributed by atoms with van der Waals surface area (Å²) in [5, 5.41) is 0. The molecule has 0 saturated heterocycles. The summed E-state index contributed by atoms with van der Waals surface area (Å²) in [7, 11) is 0. The van der Waals surface area contributed by atoms with Gasteiger partial charge in [0.15, 0.2) is 0 Å². The van der Waals surface area contributed by atoms with Crippen molar-refractivity contribution in [2.45, 2.75) is 168 Å². The predicted molar refractivity (Wildman–Crippen MR) is 151 cm³/mol. The molecule has 4 nitrogen and oxygen atoms in total. The molecule has 1 rings (SSSR count). The van der Waals surface area contributed by atoms with Gasteiger partial charge in [0.2, 0.25) is 0 Å². The van der Waals surface area contributed by atoms with Gasteiger partial charge in [-0.05, 0) is 32.1 Å². The second kappa shape index (κ2) is 24.3. The number of ether oxygens (including phenoxy) is 2. The third-order valence-corrected chi connectivity index (χ3v) is 7.83. The van der Waals surface area contributed by atoms with E-state index in [0.717, 1.165) is 44.9 Å². The first-order valence-corrected chi connectivity index (χ1v) is 16.0. The molecule has 0 bridgehead atoms. The van der Waals surface area contributed by atoms with E-state index >= 15 is 0 Å². The van der Waals surface area contributed by atoms with Gasteiger partial charge in [0.1, 0.15) is 0 Å². The Hall–Kier alpha value is -1.06. The van der Waals surface area contributed by atoms with Gasteiger partial charge in [0.05, 0.1) is 25.0 Å². The first-order valence-electron chi connectivity index (χ1n) is 16.0. The van der Waals surface area contributed by atoms with Crippen molar-refractivity contribution in [3.05, 3.63) is 0 Å². The molecule has 212 valence electrons. The second-order valence-electron chi connectivity index (χ2n) is 11.3.